The van der Waals surface area contributed by atoms with Crippen molar-refractivity contribution in [2.75, 3.05) is 27.3 Å². The third-order valence-corrected chi connectivity index (χ3v) is 6.83. The van der Waals surface area contributed by atoms with Gasteiger partial charge in [0.25, 0.3) is 5.91 Å². The SMILES string of the molecule is COc1ccc(S(=O)(=O)NC(C)c2ccccc2OC)cc1C(=O)N1CCCCC1. The predicted molar refractivity (Wildman–Crippen MR) is 114 cm³/mol. The van der Waals surface area contributed by atoms with E-state index in [-0.39, 0.29) is 16.4 Å². The fourth-order valence-electron chi connectivity index (χ4n) is 3.68. The zero-order chi connectivity index (χ0) is 21.7. The van der Waals surface area contributed by atoms with Crippen molar-refractivity contribution in [2.24, 2.45) is 0 Å². The molecule has 3 rings (SSSR count). The number of carbonyl (C=O) groups is 1. The number of carbonyl (C=O) groups excluding carboxylic acids is 1. The summed E-state index contributed by atoms with van der Waals surface area (Å²) < 4.78 is 39.4. The van der Waals surface area contributed by atoms with Crippen LogP contribution in [0.25, 0.3) is 0 Å². The number of piperidine rings is 1. The third kappa shape index (κ3) is 4.76. The van der Waals surface area contributed by atoms with Gasteiger partial charge >= 0.3 is 0 Å². The number of sulfonamides is 1. The Balaban J connectivity index is 1.89. The molecule has 0 bridgehead atoms. The molecule has 1 aliphatic heterocycles. The maximum Gasteiger partial charge on any atom is 0.257 e. The number of methoxy groups -OCH3 is 2. The van der Waals surface area contributed by atoms with Crippen LogP contribution in [0, 0.1) is 0 Å². The van der Waals surface area contributed by atoms with Crippen LogP contribution in [0.3, 0.4) is 0 Å². The van der Waals surface area contributed by atoms with Crippen LogP contribution in [0.4, 0.5) is 0 Å². The molecule has 1 amide bonds. The minimum Gasteiger partial charge on any atom is -0.496 e. The highest BCUT2D eigenvalue weighted by Crippen LogP contribution is 2.28. The van der Waals surface area contributed by atoms with E-state index in [1.54, 1.807) is 25.0 Å². The first-order valence-electron chi connectivity index (χ1n) is 10.00. The Morgan fingerprint density at radius 1 is 1.00 bits per heavy atom. The van der Waals surface area contributed by atoms with Gasteiger partial charge in [-0.3, -0.25) is 4.79 Å². The van der Waals surface area contributed by atoms with Crippen molar-refractivity contribution in [3.63, 3.8) is 0 Å². The first kappa shape index (κ1) is 22.1. The molecule has 0 saturated carbocycles. The van der Waals surface area contributed by atoms with E-state index in [1.165, 1.54) is 25.3 Å². The summed E-state index contributed by atoms with van der Waals surface area (Å²) in [4.78, 5) is 14.8. The van der Waals surface area contributed by atoms with E-state index < -0.39 is 16.1 Å². The molecule has 1 aliphatic rings. The average molecular weight is 433 g/mol. The van der Waals surface area contributed by atoms with Crippen LogP contribution in [0.2, 0.25) is 0 Å². The van der Waals surface area contributed by atoms with Gasteiger partial charge in [0.15, 0.2) is 0 Å². The van der Waals surface area contributed by atoms with Crippen LogP contribution in [0.15, 0.2) is 47.4 Å². The molecule has 1 N–H and O–H groups in total. The molecule has 1 saturated heterocycles. The maximum atomic E-state index is 13.0. The van der Waals surface area contributed by atoms with Gasteiger partial charge in [-0.05, 0) is 50.5 Å². The molecular formula is C22H28N2O5S. The molecule has 1 unspecified atom stereocenters. The molecule has 0 aromatic heterocycles. The second-order valence-electron chi connectivity index (χ2n) is 7.30. The highest BCUT2D eigenvalue weighted by molar-refractivity contribution is 7.89. The van der Waals surface area contributed by atoms with Crippen molar-refractivity contribution in [1.82, 2.24) is 9.62 Å². The number of nitrogens with zero attached hydrogens (tertiary/aromatic N) is 1. The van der Waals surface area contributed by atoms with E-state index in [0.29, 0.717) is 24.6 Å². The van der Waals surface area contributed by atoms with Crippen molar-refractivity contribution < 1.29 is 22.7 Å². The number of benzene rings is 2. The lowest BCUT2D eigenvalue weighted by atomic mass is 10.1. The third-order valence-electron chi connectivity index (χ3n) is 5.29. The van der Waals surface area contributed by atoms with Gasteiger partial charge in [0, 0.05) is 24.7 Å². The molecule has 1 heterocycles. The minimum absolute atomic E-state index is 0.0189. The number of ether oxygens (including phenoxy) is 2. The van der Waals surface area contributed by atoms with Gasteiger partial charge in [-0.25, -0.2) is 13.1 Å². The predicted octanol–water partition coefficient (Wildman–Crippen LogP) is 3.37. The van der Waals surface area contributed by atoms with Gasteiger partial charge in [-0.1, -0.05) is 18.2 Å². The fourth-order valence-corrected chi connectivity index (χ4v) is 4.93. The van der Waals surface area contributed by atoms with Crippen LogP contribution < -0.4 is 14.2 Å². The molecule has 1 atom stereocenters. The molecule has 162 valence electrons. The van der Waals surface area contributed by atoms with Crippen LogP contribution in [0.1, 0.15) is 48.1 Å². The number of nitrogens with one attached hydrogen (secondary N) is 1. The molecule has 2 aromatic carbocycles. The van der Waals surface area contributed by atoms with Crippen LogP contribution >= 0.6 is 0 Å². The molecule has 7 nitrogen and oxygen atoms in total. The number of hydrogen-bond donors (Lipinski definition) is 1. The van der Waals surface area contributed by atoms with Gasteiger partial charge in [0.1, 0.15) is 11.5 Å². The summed E-state index contributed by atoms with van der Waals surface area (Å²) in [6, 6.07) is 11.1. The first-order valence-corrected chi connectivity index (χ1v) is 11.5. The monoisotopic (exact) mass is 432 g/mol. The Bertz CT molecular complexity index is 1000. The summed E-state index contributed by atoms with van der Waals surface area (Å²) in [6.07, 6.45) is 2.99. The summed E-state index contributed by atoms with van der Waals surface area (Å²) in [5, 5.41) is 0. The summed E-state index contributed by atoms with van der Waals surface area (Å²) in [7, 11) is -0.862. The standard InChI is InChI=1S/C22H28N2O5S/c1-16(18-9-5-6-10-20(18)28-2)23-30(26,27)17-11-12-21(29-3)19(15-17)22(25)24-13-7-4-8-14-24/h5-6,9-12,15-16,23H,4,7-8,13-14H2,1-3H3. The van der Waals surface area contributed by atoms with Crippen molar-refractivity contribution >= 4 is 15.9 Å². The normalized spacial score (nSPS) is 15.5. The van der Waals surface area contributed by atoms with E-state index in [9.17, 15) is 13.2 Å². The van der Waals surface area contributed by atoms with Gasteiger partial charge in [-0.15, -0.1) is 0 Å². The highest BCUT2D eigenvalue weighted by atomic mass is 32.2. The average Bonchev–Trinajstić information content (AvgIpc) is 2.78. The Morgan fingerprint density at radius 2 is 1.67 bits per heavy atom. The van der Waals surface area contributed by atoms with Crippen molar-refractivity contribution in [3.05, 3.63) is 53.6 Å². The molecule has 2 aromatic rings. The maximum absolute atomic E-state index is 13.0. The number of para-hydroxylation sites is 1. The number of rotatable bonds is 7. The lowest BCUT2D eigenvalue weighted by Crippen LogP contribution is -2.36. The minimum atomic E-state index is -3.88. The largest absolute Gasteiger partial charge is 0.496 e. The summed E-state index contributed by atoms with van der Waals surface area (Å²) in [6.45, 7) is 3.09. The molecule has 30 heavy (non-hydrogen) atoms. The Hall–Kier alpha value is -2.58. The van der Waals surface area contributed by atoms with Crippen molar-refractivity contribution in [3.8, 4) is 11.5 Å². The molecule has 8 heteroatoms. The summed E-state index contributed by atoms with van der Waals surface area (Å²) in [5.41, 5.74) is 0.980. The second-order valence-corrected chi connectivity index (χ2v) is 9.01. The van der Waals surface area contributed by atoms with Crippen LogP contribution in [-0.4, -0.2) is 46.5 Å². The first-order chi connectivity index (χ1) is 14.4. The van der Waals surface area contributed by atoms with Gasteiger partial charge in [0.05, 0.1) is 24.7 Å². The lowest BCUT2D eigenvalue weighted by Gasteiger charge is -2.27. The summed E-state index contributed by atoms with van der Waals surface area (Å²) >= 11 is 0. The molecule has 0 radical (unpaired) electrons. The summed E-state index contributed by atoms with van der Waals surface area (Å²) in [5.74, 6) is 0.757. The Kier molecular flexibility index (Phi) is 6.99. The molecule has 0 spiro atoms. The van der Waals surface area contributed by atoms with Gasteiger partial charge < -0.3 is 14.4 Å². The van der Waals surface area contributed by atoms with E-state index >= 15 is 0 Å². The smallest absolute Gasteiger partial charge is 0.257 e. The van der Waals surface area contributed by atoms with Crippen LogP contribution in [-0.2, 0) is 10.0 Å². The topological polar surface area (TPSA) is 84.9 Å². The Labute approximate surface area is 178 Å². The Morgan fingerprint density at radius 3 is 2.33 bits per heavy atom. The fraction of sp³-hybridized carbons (Fsp3) is 0.409. The number of hydrogen-bond acceptors (Lipinski definition) is 5. The molecule has 1 fully saturated rings. The van der Waals surface area contributed by atoms with E-state index in [0.717, 1.165) is 24.8 Å². The quantitative estimate of drug-likeness (QED) is 0.725. The van der Waals surface area contributed by atoms with E-state index in [2.05, 4.69) is 4.72 Å². The number of amides is 1. The number of likely N-dealkylation sites (tertiary alicyclic amines) is 1. The highest BCUT2D eigenvalue weighted by Gasteiger charge is 2.26. The van der Waals surface area contributed by atoms with Crippen LogP contribution in [0.5, 0.6) is 11.5 Å². The zero-order valence-electron chi connectivity index (χ0n) is 17.6. The zero-order valence-corrected chi connectivity index (χ0v) is 18.4. The van der Waals surface area contributed by atoms with Gasteiger partial charge in [-0.2, -0.15) is 0 Å². The molecule has 0 aliphatic carbocycles. The van der Waals surface area contributed by atoms with Crippen molar-refractivity contribution in [1.29, 1.82) is 0 Å². The van der Waals surface area contributed by atoms with E-state index in [1.807, 2.05) is 18.2 Å². The van der Waals surface area contributed by atoms with Crippen molar-refractivity contribution in [2.45, 2.75) is 37.1 Å². The lowest BCUT2D eigenvalue weighted by molar-refractivity contribution is 0.0720. The van der Waals surface area contributed by atoms with Gasteiger partial charge in [0.2, 0.25) is 10.0 Å². The second kappa shape index (κ2) is 9.49. The molecular weight excluding hydrogens is 404 g/mol. The van der Waals surface area contributed by atoms with E-state index in [4.69, 9.17) is 9.47 Å².